The third-order valence-corrected chi connectivity index (χ3v) is 3.57. The number of rotatable bonds is 3. The number of piperazine rings is 1. The average Bonchev–Trinajstić information content (AvgIpc) is 2.61. The van der Waals surface area contributed by atoms with E-state index >= 15 is 0 Å². The number of anilines is 1. The van der Waals surface area contributed by atoms with Gasteiger partial charge in [0, 0.05) is 37.9 Å². The second kappa shape index (κ2) is 7.94. The molecule has 1 aliphatic heterocycles. The standard InChI is InChI=1S/C16H20N6O/c1-3-5-13(4-2)20-16(23)22-8-6-21(7-9-22)15-10-14(11-17)18-12-19-15/h3-5,10,12H,6-9H2,1-2H3,(H,20,23)/b5-3-,13-4+. The van der Waals surface area contributed by atoms with Crippen molar-refractivity contribution < 1.29 is 4.79 Å². The Morgan fingerprint density at radius 2 is 2.04 bits per heavy atom. The maximum atomic E-state index is 12.2. The number of nitriles is 1. The Kier molecular flexibility index (Phi) is 5.69. The minimum atomic E-state index is -0.101. The van der Waals surface area contributed by atoms with Crippen LogP contribution in [0.25, 0.3) is 0 Å². The first-order valence-corrected chi connectivity index (χ1v) is 7.50. The molecule has 120 valence electrons. The van der Waals surface area contributed by atoms with E-state index in [1.165, 1.54) is 6.33 Å². The first kappa shape index (κ1) is 16.5. The summed E-state index contributed by atoms with van der Waals surface area (Å²) in [7, 11) is 0. The zero-order valence-electron chi connectivity index (χ0n) is 13.4. The van der Waals surface area contributed by atoms with Gasteiger partial charge in [0.2, 0.25) is 0 Å². The smallest absolute Gasteiger partial charge is 0.321 e. The Bertz CT molecular complexity index is 653. The van der Waals surface area contributed by atoms with Gasteiger partial charge in [-0.25, -0.2) is 14.8 Å². The van der Waals surface area contributed by atoms with E-state index in [1.807, 2.05) is 38.1 Å². The van der Waals surface area contributed by atoms with Gasteiger partial charge < -0.3 is 15.1 Å². The quantitative estimate of drug-likeness (QED) is 0.858. The van der Waals surface area contributed by atoms with Crippen LogP contribution in [-0.4, -0.2) is 47.1 Å². The fraction of sp³-hybridized carbons (Fsp3) is 0.375. The maximum Gasteiger partial charge on any atom is 0.321 e. The summed E-state index contributed by atoms with van der Waals surface area (Å²) in [5, 5.41) is 11.8. The van der Waals surface area contributed by atoms with Gasteiger partial charge in [-0.3, -0.25) is 0 Å². The lowest BCUT2D eigenvalue weighted by atomic mass is 10.3. The molecule has 0 atom stereocenters. The van der Waals surface area contributed by atoms with Crippen LogP contribution >= 0.6 is 0 Å². The van der Waals surface area contributed by atoms with Crippen molar-refractivity contribution in [3.05, 3.63) is 42.0 Å². The molecule has 1 aromatic heterocycles. The Labute approximate surface area is 135 Å². The Morgan fingerprint density at radius 1 is 1.30 bits per heavy atom. The normalized spacial score (nSPS) is 15.6. The average molecular weight is 312 g/mol. The molecule has 1 saturated heterocycles. The van der Waals surface area contributed by atoms with Crippen molar-refractivity contribution in [3.63, 3.8) is 0 Å². The monoisotopic (exact) mass is 312 g/mol. The van der Waals surface area contributed by atoms with Gasteiger partial charge in [0.1, 0.15) is 23.9 Å². The number of hydrogen-bond acceptors (Lipinski definition) is 5. The van der Waals surface area contributed by atoms with Crippen molar-refractivity contribution in [2.45, 2.75) is 13.8 Å². The van der Waals surface area contributed by atoms with Crippen LogP contribution in [0.2, 0.25) is 0 Å². The van der Waals surface area contributed by atoms with E-state index in [1.54, 1.807) is 11.0 Å². The minimum absolute atomic E-state index is 0.101. The minimum Gasteiger partial charge on any atom is -0.353 e. The third kappa shape index (κ3) is 4.30. The predicted molar refractivity (Wildman–Crippen MR) is 87.6 cm³/mol. The third-order valence-electron chi connectivity index (χ3n) is 3.57. The molecular weight excluding hydrogens is 292 g/mol. The fourth-order valence-electron chi connectivity index (χ4n) is 2.31. The van der Waals surface area contributed by atoms with Gasteiger partial charge in [-0.05, 0) is 19.9 Å². The number of hydrogen-bond donors (Lipinski definition) is 1. The zero-order chi connectivity index (χ0) is 16.7. The molecule has 2 amide bonds. The van der Waals surface area contributed by atoms with E-state index < -0.39 is 0 Å². The molecule has 2 heterocycles. The highest BCUT2D eigenvalue weighted by Gasteiger charge is 2.22. The van der Waals surface area contributed by atoms with Crippen molar-refractivity contribution in [2.24, 2.45) is 0 Å². The number of nitrogens with zero attached hydrogens (tertiary/aromatic N) is 5. The predicted octanol–water partition coefficient (Wildman–Crippen LogP) is 1.66. The van der Waals surface area contributed by atoms with Crippen molar-refractivity contribution in [2.75, 3.05) is 31.1 Å². The molecule has 0 saturated carbocycles. The molecular formula is C16H20N6O. The number of urea groups is 1. The molecule has 1 N–H and O–H groups in total. The van der Waals surface area contributed by atoms with Crippen molar-refractivity contribution in [1.82, 2.24) is 20.2 Å². The van der Waals surface area contributed by atoms with Gasteiger partial charge >= 0.3 is 6.03 Å². The molecule has 1 aliphatic rings. The zero-order valence-corrected chi connectivity index (χ0v) is 13.4. The first-order chi connectivity index (χ1) is 11.2. The SMILES string of the molecule is C/C=C\C(=C/C)NC(=O)N1CCN(c2cc(C#N)ncn2)CC1. The summed E-state index contributed by atoms with van der Waals surface area (Å²) in [5.74, 6) is 0.722. The number of allylic oxidation sites excluding steroid dienone is 3. The van der Waals surface area contributed by atoms with E-state index in [9.17, 15) is 4.79 Å². The molecule has 0 aromatic carbocycles. The van der Waals surface area contributed by atoms with Gasteiger partial charge in [0.05, 0.1) is 0 Å². The second-order valence-electron chi connectivity index (χ2n) is 5.02. The largest absolute Gasteiger partial charge is 0.353 e. The fourth-order valence-corrected chi connectivity index (χ4v) is 2.31. The summed E-state index contributed by atoms with van der Waals surface area (Å²) in [6.45, 7) is 6.34. The molecule has 2 rings (SSSR count). The van der Waals surface area contributed by atoms with E-state index in [0.29, 0.717) is 31.9 Å². The molecule has 1 aromatic rings. The number of carbonyl (C=O) groups is 1. The van der Waals surface area contributed by atoms with Gasteiger partial charge in [0.25, 0.3) is 0 Å². The molecule has 0 spiro atoms. The topological polar surface area (TPSA) is 85.2 Å². The Hall–Kier alpha value is -2.88. The van der Waals surface area contributed by atoms with Crippen LogP contribution in [0.5, 0.6) is 0 Å². The molecule has 0 unspecified atom stereocenters. The maximum absolute atomic E-state index is 12.2. The summed E-state index contributed by atoms with van der Waals surface area (Å²) < 4.78 is 0. The Morgan fingerprint density at radius 3 is 2.65 bits per heavy atom. The summed E-state index contributed by atoms with van der Waals surface area (Å²) in [5.41, 5.74) is 1.13. The number of carbonyl (C=O) groups excluding carboxylic acids is 1. The van der Waals surface area contributed by atoms with Crippen LogP contribution in [0.15, 0.2) is 36.3 Å². The summed E-state index contributed by atoms with van der Waals surface area (Å²) >= 11 is 0. The van der Waals surface area contributed by atoms with Crippen molar-refractivity contribution in [1.29, 1.82) is 5.26 Å². The van der Waals surface area contributed by atoms with Crippen molar-refractivity contribution in [3.8, 4) is 6.07 Å². The van der Waals surface area contributed by atoms with Crippen LogP contribution in [-0.2, 0) is 0 Å². The molecule has 7 nitrogen and oxygen atoms in total. The van der Waals surface area contributed by atoms with Gasteiger partial charge in [0.15, 0.2) is 0 Å². The van der Waals surface area contributed by atoms with E-state index in [2.05, 4.69) is 20.2 Å². The second-order valence-corrected chi connectivity index (χ2v) is 5.02. The summed E-state index contributed by atoms with van der Waals surface area (Å²) in [6, 6.07) is 3.57. The number of aromatic nitrogens is 2. The van der Waals surface area contributed by atoms with Crippen LogP contribution in [0, 0.1) is 11.3 Å². The highest BCUT2D eigenvalue weighted by Crippen LogP contribution is 2.13. The molecule has 1 fully saturated rings. The van der Waals surface area contributed by atoms with Gasteiger partial charge in [-0.2, -0.15) is 5.26 Å². The number of nitrogens with one attached hydrogen (secondary N) is 1. The first-order valence-electron chi connectivity index (χ1n) is 7.50. The molecule has 0 bridgehead atoms. The van der Waals surface area contributed by atoms with Gasteiger partial charge in [-0.1, -0.05) is 12.2 Å². The van der Waals surface area contributed by atoms with E-state index in [0.717, 1.165) is 11.5 Å². The highest BCUT2D eigenvalue weighted by molar-refractivity contribution is 5.77. The van der Waals surface area contributed by atoms with Gasteiger partial charge in [-0.15, -0.1) is 0 Å². The highest BCUT2D eigenvalue weighted by atomic mass is 16.2. The van der Waals surface area contributed by atoms with E-state index in [-0.39, 0.29) is 6.03 Å². The Balaban J connectivity index is 1.93. The molecule has 0 aliphatic carbocycles. The molecule has 7 heteroatoms. The lowest BCUT2D eigenvalue weighted by Crippen LogP contribution is -2.51. The van der Waals surface area contributed by atoms with Crippen LogP contribution in [0.3, 0.4) is 0 Å². The van der Waals surface area contributed by atoms with Crippen molar-refractivity contribution >= 4 is 11.8 Å². The lowest BCUT2D eigenvalue weighted by Gasteiger charge is -2.35. The summed E-state index contributed by atoms with van der Waals surface area (Å²) in [4.78, 5) is 24.1. The molecule has 23 heavy (non-hydrogen) atoms. The van der Waals surface area contributed by atoms with Crippen LogP contribution in [0.1, 0.15) is 19.5 Å². The van der Waals surface area contributed by atoms with Crippen LogP contribution in [0.4, 0.5) is 10.6 Å². The van der Waals surface area contributed by atoms with E-state index in [4.69, 9.17) is 5.26 Å². The summed E-state index contributed by atoms with van der Waals surface area (Å²) in [6.07, 6.45) is 6.99. The molecule has 0 radical (unpaired) electrons. The lowest BCUT2D eigenvalue weighted by molar-refractivity contribution is 0.197. The number of amides is 2. The van der Waals surface area contributed by atoms with Crippen LogP contribution < -0.4 is 10.2 Å².